The number of esters is 1. The van der Waals surface area contributed by atoms with Crippen LogP contribution in [0.3, 0.4) is 0 Å². The number of carbonyl (C=O) groups is 4. The van der Waals surface area contributed by atoms with Gasteiger partial charge >= 0.3 is 5.97 Å². The number of aliphatic hydroxyl groups is 4. The van der Waals surface area contributed by atoms with Gasteiger partial charge in [0.15, 0.2) is 0 Å². The Balaban J connectivity index is -0.000000828. The fourth-order valence-corrected chi connectivity index (χ4v) is 18.5. The number of unbranched alkanes of at least 4 members (excludes halogenated alkanes) is 72. The van der Waals surface area contributed by atoms with Gasteiger partial charge in [-0.3, -0.25) is 19.2 Å². The molecule has 0 radical (unpaired) electrons. The molecule has 0 bridgehead atoms. The molecule has 7 N–H and O–H groups in total. The van der Waals surface area contributed by atoms with Crippen LogP contribution < -0.4 is 16.0 Å². The standard InChI is InChI=1S/C31H63NO3.C30H61NO2.C30H61NO.C29H58O3/c1-4-5-6-7-8-9-10-11-12-13-14-15-16-17-18-19-20-21-22-24-30(35)32-26-23-25-31(2,3)27-29(34)28-33;1-4-5-6-7-8-9-10-11-12-13-14-15-16-17-18-19-20-21-22-24-29(33)31-27-23-25-30(2,3)26-28-32;1-5-7-8-9-10-11-12-13-14-15-16-17-18-19-20-21-22-23-24-26-29(32)31-28-25-27-30(3,4)6-2;1-5-6-7-8-9-10-11-12-13-14-15-16-17-18-19-20-21-22-23-24-28(31)32-26-27(30)25-29(2,3)4/h29,33-34H,4-28H2,1-3H3,(H,32,35);32H,4-28H2,1-3H3,(H,31,33);5-28H2,1-4H3,(H,31,32);27,30H,5-26H2,1-4H3. The average molecular weight is 1870 g/mol. The summed E-state index contributed by atoms with van der Waals surface area (Å²) in [5, 5.41) is 46.7. The van der Waals surface area contributed by atoms with Gasteiger partial charge in [0.1, 0.15) is 6.61 Å². The summed E-state index contributed by atoms with van der Waals surface area (Å²) in [6.07, 6.45) is 115. The van der Waals surface area contributed by atoms with Gasteiger partial charge in [0.05, 0.1) is 18.8 Å². The van der Waals surface area contributed by atoms with Crippen molar-refractivity contribution in [1.29, 1.82) is 0 Å². The van der Waals surface area contributed by atoms with Crippen molar-refractivity contribution < 1.29 is 44.3 Å². The number of hydrogen-bond acceptors (Lipinski definition) is 9. The fraction of sp³-hybridized carbons (Fsp3) is 0.967. The van der Waals surface area contributed by atoms with Crippen LogP contribution in [0, 0.1) is 21.7 Å². The summed E-state index contributed by atoms with van der Waals surface area (Å²) in [6, 6.07) is 0. The first-order valence-electron chi connectivity index (χ1n) is 59.3. The van der Waals surface area contributed by atoms with E-state index in [2.05, 4.69) is 113 Å². The molecule has 2 atom stereocenters. The molecule has 0 saturated heterocycles. The van der Waals surface area contributed by atoms with Crippen LogP contribution in [-0.2, 0) is 23.9 Å². The van der Waals surface area contributed by atoms with E-state index in [1.54, 1.807) is 0 Å². The molecule has 0 aliphatic carbocycles. The molecule has 0 heterocycles. The Bertz CT molecular complexity index is 2270. The van der Waals surface area contributed by atoms with Crippen LogP contribution >= 0.6 is 0 Å². The lowest BCUT2D eigenvalue weighted by Gasteiger charge is -2.26. The quantitative estimate of drug-likeness (QED) is 0.0229. The Labute approximate surface area is 827 Å². The van der Waals surface area contributed by atoms with E-state index in [9.17, 15) is 29.4 Å². The van der Waals surface area contributed by atoms with Gasteiger partial charge in [-0.1, -0.05) is 566 Å². The Kier molecular flexibility index (Phi) is 111. The van der Waals surface area contributed by atoms with E-state index in [1.165, 1.54) is 462 Å². The zero-order chi connectivity index (χ0) is 98.2. The third-order valence-electron chi connectivity index (χ3n) is 28.1. The van der Waals surface area contributed by atoms with Crippen molar-refractivity contribution in [2.45, 2.75) is 687 Å². The van der Waals surface area contributed by atoms with Gasteiger partial charge in [0, 0.05) is 51.9 Å². The number of aliphatic hydroxyl groups excluding tert-OH is 4. The van der Waals surface area contributed by atoms with Crippen molar-refractivity contribution >= 4 is 23.7 Å². The van der Waals surface area contributed by atoms with Gasteiger partial charge in [-0.2, -0.15) is 0 Å². The lowest BCUT2D eigenvalue weighted by Crippen LogP contribution is -2.27. The van der Waals surface area contributed by atoms with Crippen molar-refractivity contribution in [2.24, 2.45) is 21.7 Å². The number of carbonyl (C=O) groups excluding carboxylic acids is 4. The molecule has 0 aromatic rings. The van der Waals surface area contributed by atoms with E-state index in [0.29, 0.717) is 44.1 Å². The summed E-state index contributed by atoms with van der Waals surface area (Å²) in [5.74, 6) is 0.475. The number of ether oxygens (including phenoxy) is 1. The van der Waals surface area contributed by atoms with E-state index in [1.807, 2.05) is 0 Å². The summed E-state index contributed by atoms with van der Waals surface area (Å²) >= 11 is 0. The minimum absolute atomic E-state index is 0.0141. The van der Waals surface area contributed by atoms with Crippen LogP contribution in [0.2, 0.25) is 0 Å². The third-order valence-corrected chi connectivity index (χ3v) is 28.1. The second-order valence-electron chi connectivity index (χ2n) is 45.3. The molecule has 0 aromatic heterocycles. The molecule has 792 valence electrons. The molecule has 2 unspecified atom stereocenters. The normalized spacial score (nSPS) is 12.3. The highest BCUT2D eigenvalue weighted by molar-refractivity contribution is 5.76. The van der Waals surface area contributed by atoms with Gasteiger partial charge in [0.25, 0.3) is 0 Å². The first kappa shape index (κ1) is 136. The number of nitrogens with one attached hydrogen (secondary N) is 3. The smallest absolute Gasteiger partial charge is 0.305 e. The average Bonchev–Trinajstić information content (AvgIpc) is 0.920. The highest BCUT2D eigenvalue weighted by atomic mass is 16.5. The van der Waals surface area contributed by atoms with Crippen LogP contribution in [0.4, 0.5) is 0 Å². The maximum Gasteiger partial charge on any atom is 0.305 e. The maximum absolute atomic E-state index is 12.0. The molecular weight excluding hydrogens is 1630 g/mol. The predicted molar refractivity (Wildman–Crippen MR) is 581 cm³/mol. The van der Waals surface area contributed by atoms with Crippen LogP contribution in [0.1, 0.15) is 675 Å². The molecule has 0 aromatic carbocycles. The van der Waals surface area contributed by atoms with Gasteiger partial charge in [0.2, 0.25) is 17.7 Å². The van der Waals surface area contributed by atoms with Crippen LogP contribution in [0.25, 0.3) is 0 Å². The van der Waals surface area contributed by atoms with Crippen molar-refractivity contribution in [3.05, 3.63) is 0 Å². The second kappa shape index (κ2) is 108. The molecule has 0 spiro atoms. The number of amides is 3. The number of rotatable bonds is 101. The van der Waals surface area contributed by atoms with Crippen molar-refractivity contribution in [3.8, 4) is 0 Å². The van der Waals surface area contributed by atoms with Gasteiger partial charge in [-0.05, 0) is 105 Å². The highest BCUT2D eigenvalue weighted by Crippen LogP contribution is 2.31. The fourth-order valence-electron chi connectivity index (χ4n) is 18.5. The van der Waals surface area contributed by atoms with Crippen LogP contribution in [0.15, 0.2) is 0 Å². The second-order valence-corrected chi connectivity index (χ2v) is 45.3. The van der Waals surface area contributed by atoms with Gasteiger partial charge in [-0.25, -0.2) is 0 Å². The molecule has 0 fully saturated rings. The molecule has 132 heavy (non-hydrogen) atoms. The van der Waals surface area contributed by atoms with E-state index in [4.69, 9.17) is 14.9 Å². The molecule has 0 saturated carbocycles. The lowest BCUT2D eigenvalue weighted by atomic mass is 9.82. The SMILES string of the molecule is CCCCCCCCCCCCCCCCCCCCCC(=O)NCCCC(C)(C)CC.CCCCCCCCCCCCCCCCCCCCCC(=O)NCCCC(C)(C)CC(O)CO.CCCCCCCCCCCCCCCCCCCCCC(=O)NCCCC(C)(C)CCO.CCCCCCCCCCCCCCCCCCCCCC(=O)OCC(O)CC(C)(C)C. The molecular formula is C120H243N3O9. The lowest BCUT2D eigenvalue weighted by molar-refractivity contribution is -0.147. The largest absolute Gasteiger partial charge is 0.463 e. The van der Waals surface area contributed by atoms with E-state index in [0.717, 1.165) is 96.6 Å². The zero-order valence-electron chi connectivity index (χ0n) is 92.4. The first-order valence-corrected chi connectivity index (χ1v) is 59.3. The molecule has 12 nitrogen and oxygen atoms in total. The molecule has 0 aliphatic heterocycles. The summed E-state index contributed by atoms with van der Waals surface area (Å²) < 4.78 is 5.20. The Morgan fingerprint density at radius 3 is 0.629 bits per heavy atom. The van der Waals surface area contributed by atoms with Crippen molar-refractivity contribution in [2.75, 3.05) is 39.5 Å². The van der Waals surface area contributed by atoms with Gasteiger partial charge in [-0.15, -0.1) is 0 Å². The van der Waals surface area contributed by atoms with Crippen molar-refractivity contribution in [1.82, 2.24) is 16.0 Å². The molecule has 3 amide bonds. The minimum atomic E-state index is -0.644. The predicted octanol–water partition coefficient (Wildman–Crippen LogP) is 36.9. The molecule has 0 rings (SSSR count). The summed E-state index contributed by atoms with van der Waals surface area (Å²) in [4.78, 5) is 47.6. The van der Waals surface area contributed by atoms with Crippen LogP contribution in [-0.4, -0.2) is 95.8 Å². The molecule has 0 aliphatic rings. The van der Waals surface area contributed by atoms with Gasteiger partial charge < -0.3 is 41.1 Å². The van der Waals surface area contributed by atoms with E-state index in [-0.39, 0.29) is 59.8 Å². The Hall–Kier alpha value is -2.28. The first-order chi connectivity index (χ1) is 63.8. The maximum atomic E-state index is 12.0. The third kappa shape index (κ3) is 122. The summed E-state index contributed by atoms with van der Waals surface area (Å²) in [5.41, 5.74) is 0.628. The minimum Gasteiger partial charge on any atom is -0.463 e. The summed E-state index contributed by atoms with van der Waals surface area (Å²) in [7, 11) is 0. The number of hydrogen-bond donors (Lipinski definition) is 7. The highest BCUT2D eigenvalue weighted by Gasteiger charge is 2.23. The Morgan fingerprint density at radius 1 is 0.235 bits per heavy atom. The van der Waals surface area contributed by atoms with E-state index < -0.39 is 12.2 Å². The monoisotopic (exact) mass is 1870 g/mol. The zero-order valence-corrected chi connectivity index (χ0v) is 92.4. The van der Waals surface area contributed by atoms with Crippen LogP contribution in [0.5, 0.6) is 0 Å². The Morgan fingerprint density at radius 2 is 0.432 bits per heavy atom. The topological polar surface area (TPSA) is 195 Å². The van der Waals surface area contributed by atoms with E-state index >= 15 is 0 Å². The summed E-state index contributed by atoms with van der Waals surface area (Å²) in [6.45, 7) is 33.4. The van der Waals surface area contributed by atoms with Crippen molar-refractivity contribution in [3.63, 3.8) is 0 Å². The molecule has 12 heteroatoms.